The van der Waals surface area contributed by atoms with Gasteiger partial charge in [0.05, 0.1) is 29.7 Å². The van der Waals surface area contributed by atoms with Crippen molar-refractivity contribution in [3.8, 4) is 17.3 Å². The Bertz CT molecular complexity index is 958. The molecule has 33 heavy (non-hydrogen) atoms. The molecule has 0 spiro atoms. The van der Waals surface area contributed by atoms with E-state index in [1.54, 1.807) is 0 Å². The molecule has 0 fully saturated rings. The summed E-state index contributed by atoms with van der Waals surface area (Å²) in [5.41, 5.74) is 2.88. The zero-order valence-corrected chi connectivity index (χ0v) is 20.3. The van der Waals surface area contributed by atoms with Crippen LogP contribution in [0, 0.1) is 12.8 Å². The van der Waals surface area contributed by atoms with Crippen LogP contribution in [0.4, 0.5) is 0 Å². The van der Waals surface area contributed by atoms with E-state index < -0.39 is 6.10 Å². The van der Waals surface area contributed by atoms with E-state index in [9.17, 15) is 5.11 Å². The molecule has 2 aromatic carbocycles. The predicted molar refractivity (Wildman–Crippen MR) is 132 cm³/mol. The third-order valence-corrected chi connectivity index (χ3v) is 5.25. The summed E-state index contributed by atoms with van der Waals surface area (Å²) in [5, 5.41) is 15.4. The Morgan fingerprint density at radius 3 is 2.30 bits per heavy atom. The Kier molecular flexibility index (Phi) is 9.48. The van der Waals surface area contributed by atoms with Crippen LogP contribution in [0.3, 0.4) is 0 Å². The molecule has 0 aliphatic carbocycles. The van der Waals surface area contributed by atoms with Crippen molar-refractivity contribution in [2.75, 3.05) is 26.3 Å². The van der Waals surface area contributed by atoms with E-state index >= 15 is 0 Å². The summed E-state index contributed by atoms with van der Waals surface area (Å²) in [5.74, 6) is 1.92. The highest BCUT2D eigenvalue weighted by Gasteiger charge is 2.22. The molecule has 6 heteroatoms. The minimum atomic E-state index is -0.543. The second-order valence-corrected chi connectivity index (χ2v) is 8.85. The summed E-state index contributed by atoms with van der Waals surface area (Å²) in [7, 11) is 0. The zero-order chi connectivity index (χ0) is 23.6. The van der Waals surface area contributed by atoms with Crippen molar-refractivity contribution in [3.63, 3.8) is 0 Å². The van der Waals surface area contributed by atoms with Gasteiger partial charge in [-0.05, 0) is 50.1 Å². The number of aromatic nitrogens is 2. The van der Waals surface area contributed by atoms with E-state index in [0.29, 0.717) is 38.1 Å². The second kappa shape index (κ2) is 12.5. The Hall–Kier alpha value is -2.67. The molecule has 0 radical (unpaired) electrons. The summed E-state index contributed by atoms with van der Waals surface area (Å²) < 4.78 is 13.9. The highest BCUT2D eigenvalue weighted by atomic mass is 16.5. The fourth-order valence-electron chi connectivity index (χ4n) is 3.73. The topological polar surface area (TPSA) is 59.8 Å². The first-order chi connectivity index (χ1) is 16.0. The average Bonchev–Trinajstić information content (AvgIpc) is 3.10. The number of nitrogens with zero attached hydrogens (tertiary/aromatic N) is 3. The molecule has 0 bridgehead atoms. The van der Waals surface area contributed by atoms with Gasteiger partial charge in [-0.1, -0.05) is 57.2 Å². The molecule has 0 saturated heterocycles. The molecule has 178 valence electrons. The third-order valence-electron chi connectivity index (χ3n) is 5.25. The van der Waals surface area contributed by atoms with Gasteiger partial charge in [-0.15, -0.1) is 0 Å². The van der Waals surface area contributed by atoms with Crippen molar-refractivity contribution in [3.05, 3.63) is 71.9 Å². The van der Waals surface area contributed by atoms with E-state index in [-0.39, 0.29) is 0 Å². The molecule has 1 aromatic heterocycles. The van der Waals surface area contributed by atoms with Crippen LogP contribution in [-0.4, -0.2) is 52.2 Å². The van der Waals surface area contributed by atoms with Crippen molar-refractivity contribution in [2.24, 2.45) is 5.92 Å². The maximum absolute atomic E-state index is 10.6. The maximum atomic E-state index is 10.6. The molecule has 3 rings (SSSR count). The molecular formula is C27H37N3O3. The molecule has 6 nitrogen and oxygen atoms in total. The summed E-state index contributed by atoms with van der Waals surface area (Å²) in [6.45, 7) is 11.4. The van der Waals surface area contributed by atoms with Gasteiger partial charge in [0.15, 0.2) is 0 Å². The van der Waals surface area contributed by atoms with Crippen molar-refractivity contribution < 1.29 is 14.6 Å². The van der Waals surface area contributed by atoms with E-state index in [0.717, 1.165) is 35.7 Å². The van der Waals surface area contributed by atoms with Crippen LogP contribution in [-0.2, 0) is 11.3 Å². The fourth-order valence-corrected chi connectivity index (χ4v) is 3.73. The quantitative estimate of drug-likeness (QED) is 0.386. The van der Waals surface area contributed by atoms with Crippen molar-refractivity contribution in [1.29, 1.82) is 0 Å². The lowest BCUT2D eigenvalue weighted by molar-refractivity contribution is 0.00681. The summed E-state index contributed by atoms with van der Waals surface area (Å²) >= 11 is 0. The molecule has 0 aliphatic rings. The highest BCUT2D eigenvalue weighted by molar-refractivity contribution is 5.43. The van der Waals surface area contributed by atoms with Crippen LogP contribution in [0.1, 0.15) is 38.4 Å². The molecule has 1 N–H and O–H groups in total. The number of hydrogen-bond acceptors (Lipinski definition) is 5. The van der Waals surface area contributed by atoms with Crippen molar-refractivity contribution >= 4 is 0 Å². The van der Waals surface area contributed by atoms with Crippen molar-refractivity contribution in [1.82, 2.24) is 14.7 Å². The van der Waals surface area contributed by atoms with Crippen LogP contribution >= 0.6 is 0 Å². The first-order valence-corrected chi connectivity index (χ1v) is 11.8. The number of aryl methyl sites for hydroxylation is 1. The molecule has 3 aromatic rings. The van der Waals surface area contributed by atoms with Gasteiger partial charge >= 0.3 is 0 Å². The predicted octanol–water partition coefficient (Wildman–Crippen LogP) is 5.22. The second-order valence-electron chi connectivity index (χ2n) is 8.85. The van der Waals surface area contributed by atoms with Gasteiger partial charge in [0, 0.05) is 19.7 Å². The zero-order valence-electron chi connectivity index (χ0n) is 20.3. The summed E-state index contributed by atoms with van der Waals surface area (Å²) in [6.07, 6.45) is 0.443. The Morgan fingerprint density at radius 1 is 1.00 bits per heavy atom. The Labute approximate surface area is 197 Å². The molecule has 0 unspecified atom stereocenters. The van der Waals surface area contributed by atoms with E-state index in [1.807, 2.05) is 72.3 Å². The third kappa shape index (κ3) is 7.42. The lowest BCUT2D eigenvalue weighted by Crippen LogP contribution is -2.35. The lowest BCUT2D eigenvalue weighted by atomic mass is 10.2. The first-order valence-electron chi connectivity index (χ1n) is 11.8. The average molecular weight is 452 g/mol. The van der Waals surface area contributed by atoms with Gasteiger partial charge in [0.1, 0.15) is 5.75 Å². The van der Waals surface area contributed by atoms with Crippen LogP contribution in [0.2, 0.25) is 0 Å². The largest absolute Gasteiger partial charge is 0.439 e. The van der Waals surface area contributed by atoms with Gasteiger partial charge in [-0.3, -0.25) is 4.90 Å². The molecule has 0 aliphatic heterocycles. The molecule has 0 saturated carbocycles. The minimum absolute atomic E-state index is 0.341. The molecule has 0 amide bonds. The fraction of sp³-hybridized carbons (Fsp3) is 0.444. The number of aliphatic hydroxyl groups excluding tert-OH is 1. The van der Waals surface area contributed by atoms with Crippen LogP contribution in [0.15, 0.2) is 60.7 Å². The standard InChI is InChI=1S/C27H37N3O3/c1-5-16-29(17-24(31)20-32-19-21(2)3)18-26-22(4)28-30(23-12-8-6-9-13-23)27(26)33-25-14-10-7-11-15-25/h6-15,21,24,31H,5,16-20H2,1-4H3/t24-/m0/s1. The van der Waals surface area contributed by atoms with Crippen LogP contribution < -0.4 is 4.74 Å². The number of benzene rings is 2. The normalized spacial score (nSPS) is 12.5. The van der Waals surface area contributed by atoms with Gasteiger partial charge in [0.25, 0.3) is 0 Å². The van der Waals surface area contributed by atoms with E-state index in [2.05, 4.69) is 25.7 Å². The van der Waals surface area contributed by atoms with Crippen LogP contribution in [0.25, 0.3) is 5.69 Å². The lowest BCUT2D eigenvalue weighted by Gasteiger charge is -2.25. The van der Waals surface area contributed by atoms with Crippen LogP contribution in [0.5, 0.6) is 11.6 Å². The van der Waals surface area contributed by atoms with Gasteiger partial charge in [0.2, 0.25) is 5.88 Å². The number of rotatable bonds is 13. The number of ether oxygens (including phenoxy) is 2. The Morgan fingerprint density at radius 2 is 1.67 bits per heavy atom. The highest BCUT2D eigenvalue weighted by Crippen LogP contribution is 2.31. The number of aliphatic hydroxyl groups is 1. The van der Waals surface area contributed by atoms with Crippen molar-refractivity contribution in [2.45, 2.75) is 46.8 Å². The minimum Gasteiger partial charge on any atom is -0.439 e. The Balaban J connectivity index is 1.85. The van der Waals surface area contributed by atoms with Gasteiger partial charge in [-0.25, -0.2) is 4.68 Å². The SMILES string of the molecule is CCCN(Cc1c(C)nn(-c2ccccc2)c1Oc1ccccc1)C[C@H](O)COCC(C)C. The smallest absolute Gasteiger partial charge is 0.227 e. The summed E-state index contributed by atoms with van der Waals surface area (Å²) in [4.78, 5) is 2.25. The number of para-hydroxylation sites is 2. The maximum Gasteiger partial charge on any atom is 0.227 e. The van der Waals surface area contributed by atoms with Gasteiger partial charge < -0.3 is 14.6 Å². The molecule has 1 heterocycles. The summed E-state index contributed by atoms with van der Waals surface area (Å²) in [6, 6.07) is 19.8. The first kappa shape index (κ1) is 25.0. The monoisotopic (exact) mass is 451 g/mol. The van der Waals surface area contributed by atoms with Gasteiger partial charge in [-0.2, -0.15) is 5.10 Å². The van der Waals surface area contributed by atoms with E-state index in [1.165, 1.54) is 0 Å². The number of hydrogen-bond donors (Lipinski definition) is 1. The molecular weight excluding hydrogens is 414 g/mol. The van der Waals surface area contributed by atoms with E-state index in [4.69, 9.17) is 14.6 Å². The molecule has 1 atom stereocenters.